The molecule has 1 aromatic carbocycles. The van der Waals surface area contributed by atoms with Crippen molar-refractivity contribution in [3.8, 4) is 0 Å². The molecule has 1 fully saturated rings. The molecule has 0 aliphatic carbocycles. The third kappa shape index (κ3) is 1.39. The fraction of sp³-hybridized carbons (Fsp3) is 0.300. The summed E-state index contributed by atoms with van der Waals surface area (Å²) >= 11 is 0. The molecule has 1 atom stereocenters. The Bertz CT molecular complexity index is 348. The number of cyclic esters (lactones) is 1. The fourth-order valence-corrected chi connectivity index (χ4v) is 1.53. The van der Waals surface area contributed by atoms with Crippen molar-refractivity contribution < 1.29 is 9.53 Å². The van der Waals surface area contributed by atoms with E-state index in [2.05, 4.69) is 0 Å². The molecule has 4 nitrogen and oxygen atoms in total. The Labute approximate surface area is 82.3 Å². The highest BCUT2D eigenvalue weighted by molar-refractivity contribution is 5.70. The summed E-state index contributed by atoms with van der Waals surface area (Å²) in [6, 6.07) is 7.50. The van der Waals surface area contributed by atoms with Crippen molar-refractivity contribution in [2.45, 2.75) is 6.04 Å². The van der Waals surface area contributed by atoms with E-state index in [1.165, 1.54) is 0 Å². The van der Waals surface area contributed by atoms with Crippen LogP contribution in [0.1, 0.15) is 11.6 Å². The van der Waals surface area contributed by atoms with Crippen LogP contribution in [0.2, 0.25) is 0 Å². The summed E-state index contributed by atoms with van der Waals surface area (Å²) in [5.74, 6) is 0. The fourth-order valence-electron chi connectivity index (χ4n) is 1.53. The Morgan fingerprint density at radius 2 is 2.07 bits per heavy atom. The highest BCUT2D eigenvalue weighted by Gasteiger charge is 2.30. The number of nitrogens with two attached hydrogens (primary N) is 1. The van der Waals surface area contributed by atoms with E-state index < -0.39 is 0 Å². The zero-order valence-electron chi connectivity index (χ0n) is 7.93. The first-order valence-electron chi connectivity index (χ1n) is 4.43. The molecule has 0 spiro atoms. The Balaban J connectivity index is 2.23. The SMILES string of the molecule is CN1C(=O)OCC1c1ccc(N)cc1. The van der Waals surface area contributed by atoms with Crippen molar-refractivity contribution in [2.24, 2.45) is 0 Å². The Hall–Kier alpha value is -1.71. The van der Waals surface area contributed by atoms with Crippen LogP contribution in [-0.4, -0.2) is 24.6 Å². The van der Waals surface area contributed by atoms with Crippen LogP contribution in [0.4, 0.5) is 10.5 Å². The van der Waals surface area contributed by atoms with Gasteiger partial charge in [0.2, 0.25) is 0 Å². The van der Waals surface area contributed by atoms with Crippen LogP contribution in [-0.2, 0) is 4.74 Å². The second kappa shape index (κ2) is 3.21. The lowest BCUT2D eigenvalue weighted by Crippen LogP contribution is -2.22. The Kier molecular flexibility index (Phi) is 2.04. The number of likely N-dealkylation sites (N-methyl/N-ethyl adjacent to an activating group) is 1. The molecule has 4 heteroatoms. The highest BCUT2D eigenvalue weighted by Crippen LogP contribution is 2.26. The maximum absolute atomic E-state index is 11.1. The number of carbonyl (C=O) groups is 1. The summed E-state index contributed by atoms with van der Waals surface area (Å²) < 4.78 is 4.92. The van der Waals surface area contributed by atoms with E-state index >= 15 is 0 Å². The number of anilines is 1. The van der Waals surface area contributed by atoms with E-state index in [1.54, 1.807) is 11.9 Å². The van der Waals surface area contributed by atoms with Gasteiger partial charge >= 0.3 is 6.09 Å². The summed E-state index contributed by atoms with van der Waals surface area (Å²) in [5.41, 5.74) is 7.35. The molecular weight excluding hydrogens is 180 g/mol. The summed E-state index contributed by atoms with van der Waals surface area (Å²) in [5, 5.41) is 0. The second-order valence-electron chi connectivity index (χ2n) is 3.37. The van der Waals surface area contributed by atoms with Crippen molar-refractivity contribution >= 4 is 11.8 Å². The summed E-state index contributed by atoms with van der Waals surface area (Å²) in [7, 11) is 1.73. The lowest BCUT2D eigenvalue weighted by atomic mass is 10.1. The third-order valence-corrected chi connectivity index (χ3v) is 2.44. The molecule has 2 rings (SSSR count). The number of benzene rings is 1. The number of rotatable bonds is 1. The molecule has 0 saturated carbocycles. The zero-order chi connectivity index (χ0) is 10.1. The van der Waals surface area contributed by atoms with Gasteiger partial charge in [-0.05, 0) is 17.7 Å². The maximum Gasteiger partial charge on any atom is 0.410 e. The molecule has 74 valence electrons. The smallest absolute Gasteiger partial charge is 0.410 e. The van der Waals surface area contributed by atoms with E-state index in [-0.39, 0.29) is 12.1 Å². The van der Waals surface area contributed by atoms with Crippen LogP contribution in [0.5, 0.6) is 0 Å². The number of hydrogen-bond donors (Lipinski definition) is 1. The number of hydrogen-bond acceptors (Lipinski definition) is 3. The van der Waals surface area contributed by atoms with E-state index in [1.807, 2.05) is 24.3 Å². The first-order chi connectivity index (χ1) is 6.68. The van der Waals surface area contributed by atoms with Gasteiger partial charge in [0.25, 0.3) is 0 Å². The van der Waals surface area contributed by atoms with Crippen molar-refractivity contribution in [3.63, 3.8) is 0 Å². The number of carbonyl (C=O) groups excluding carboxylic acids is 1. The van der Waals surface area contributed by atoms with E-state index in [9.17, 15) is 4.79 Å². The minimum Gasteiger partial charge on any atom is -0.447 e. The molecular formula is C10H12N2O2. The molecule has 1 unspecified atom stereocenters. The molecule has 1 saturated heterocycles. The van der Waals surface area contributed by atoms with E-state index in [4.69, 9.17) is 10.5 Å². The third-order valence-electron chi connectivity index (χ3n) is 2.44. The second-order valence-corrected chi connectivity index (χ2v) is 3.37. The quantitative estimate of drug-likeness (QED) is 0.684. The molecule has 1 amide bonds. The molecule has 1 heterocycles. The van der Waals surface area contributed by atoms with Crippen molar-refractivity contribution in [2.75, 3.05) is 19.4 Å². The average molecular weight is 192 g/mol. The Morgan fingerprint density at radius 3 is 2.57 bits per heavy atom. The number of amides is 1. The highest BCUT2D eigenvalue weighted by atomic mass is 16.6. The molecule has 1 aliphatic heterocycles. The topological polar surface area (TPSA) is 55.6 Å². The normalized spacial score (nSPS) is 21.1. The van der Waals surface area contributed by atoms with Crippen LogP contribution in [0, 0.1) is 0 Å². The Morgan fingerprint density at radius 1 is 1.43 bits per heavy atom. The van der Waals surface area contributed by atoms with Gasteiger partial charge in [-0.25, -0.2) is 4.79 Å². The summed E-state index contributed by atoms with van der Waals surface area (Å²) in [6.45, 7) is 0.416. The number of nitrogen functional groups attached to an aromatic ring is 1. The van der Waals surface area contributed by atoms with Gasteiger partial charge in [0, 0.05) is 12.7 Å². The van der Waals surface area contributed by atoms with Gasteiger partial charge in [-0.1, -0.05) is 12.1 Å². The number of ether oxygens (including phenoxy) is 1. The minimum absolute atomic E-state index is 0.0168. The largest absolute Gasteiger partial charge is 0.447 e. The van der Waals surface area contributed by atoms with Crippen LogP contribution < -0.4 is 5.73 Å². The van der Waals surface area contributed by atoms with Crippen molar-refractivity contribution in [1.82, 2.24) is 4.90 Å². The lowest BCUT2D eigenvalue weighted by Gasteiger charge is -2.16. The van der Waals surface area contributed by atoms with Crippen molar-refractivity contribution in [1.29, 1.82) is 0 Å². The van der Waals surface area contributed by atoms with Gasteiger partial charge < -0.3 is 15.4 Å². The maximum atomic E-state index is 11.1. The van der Waals surface area contributed by atoms with Gasteiger partial charge in [-0.3, -0.25) is 0 Å². The van der Waals surface area contributed by atoms with E-state index in [0.29, 0.717) is 6.61 Å². The van der Waals surface area contributed by atoms with Crippen molar-refractivity contribution in [3.05, 3.63) is 29.8 Å². The summed E-state index contributed by atoms with van der Waals surface area (Å²) in [4.78, 5) is 12.7. The molecule has 1 aromatic rings. The first-order valence-corrected chi connectivity index (χ1v) is 4.43. The minimum atomic E-state index is -0.271. The summed E-state index contributed by atoms with van der Waals surface area (Å²) in [6.07, 6.45) is -0.271. The zero-order valence-corrected chi connectivity index (χ0v) is 7.93. The van der Waals surface area contributed by atoms with Crippen LogP contribution in [0.15, 0.2) is 24.3 Å². The van der Waals surface area contributed by atoms with E-state index in [0.717, 1.165) is 11.3 Å². The first kappa shape index (κ1) is 8.87. The standard InChI is InChI=1S/C10H12N2O2/c1-12-9(6-14-10(12)13)7-2-4-8(11)5-3-7/h2-5,9H,6,11H2,1H3. The van der Waals surface area contributed by atoms with Gasteiger partial charge in [0.05, 0.1) is 6.04 Å². The van der Waals surface area contributed by atoms with Crippen LogP contribution >= 0.6 is 0 Å². The molecule has 0 aromatic heterocycles. The molecule has 2 N–H and O–H groups in total. The van der Waals surface area contributed by atoms with Gasteiger partial charge in [0.15, 0.2) is 0 Å². The molecule has 0 radical (unpaired) electrons. The predicted molar refractivity (Wildman–Crippen MR) is 52.7 cm³/mol. The molecule has 14 heavy (non-hydrogen) atoms. The average Bonchev–Trinajstić information content (AvgIpc) is 2.50. The molecule has 0 bridgehead atoms. The monoisotopic (exact) mass is 192 g/mol. The van der Waals surface area contributed by atoms with Gasteiger partial charge in [-0.15, -0.1) is 0 Å². The van der Waals surface area contributed by atoms with Gasteiger partial charge in [0.1, 0.15) is 6.61 Å². The van der Waals surface area contributed by atoms with Crippen LogP contribution in [0.25, 0.3) is 0 Å². The number of nitrogens with zero attached hydrogens (tertiary/aromatic N) is 1. The van der Waals surface area contributed by atoms with Crippen LogP contribution in [0.3, 0.4) is 0 Å². The lowest BCUT2D eigenvalue weighted by molar-refractivity contribution is 0.163. The van der Waals surface area contributed by atoms with Gasteiger partial charge in [-0.2, -0.15) is 0 Å². The molecule has 1 aliphatic rings. The predicted octanol–water partition coefficient (Wildman–Crippen LogP) is 1.39.